The lowest BCUT2D eigenvalue weighted by Crippen LogP contribution is -2.16. The third kappa shape index (κ3) is 5.54. The quantitative estimate of drug-likeness (QED) is 0.700. The van der Waals surface area contributed by atoms with E-state index in [-0.39, 0.29) is 0 Å². The van der Waals surface area contributed by atoms with Gasteiger partial charge in [-0.2, -0.15) is 4.98 Å². The first-order valence-corrected chi connectivity index (χ1v) is 7.09. The summed E-state index contributed by atoms with van der Waals surface area (Å²) in [6, 6.07) is 1.77. The van der Waals surface area contributed by atoms with Crippen LogP contribution in [0.1, 0.15) is 33.1 Å². The summed E-state index contributed by atoms with van der Waals surface area (Å²) in [4.78, 5) is 8.48. The molecule has 1 atom stereocenters. The second kappa shape index (κ2) is 8.97. The molecule has 5 heteroatoms. The highest BCUT2D eigenvalue weighted by molar-refractivity contribution is 6.17. The number of anilines is 1. The summed E-state index contributed by atoms with van der Waals surface area (Å²) < 4.78 is 5.46. The molecule has 0 aliphatic heterocycles. The summed E-state index contributed by atoms with van der Waals surface area (Å²) >= 11 is 5.76. The molecular weight excluding hydrogens is 250 g/mol. The molecule has 1 N–H and O–H groups in total. The van der Waals surface area contributed by atoms with Crippen LogP contribution in [0.15, 0.2) is 12.3 Å². The maximum absolute atomic E-state index is 5.76. The van der Waals surface area contributed by atoms with Crippen LogP contribution in [0.2, 0.25) is 0 Å². The number of hydrogen-bond acceptors (Lipinski definition) is 4. The van der Waals surface area contributed by atoms with Gasteiger partial charge < -0.3 is 10.1 Å². The fourth-order valence-electron chi connectivity index (χ4n) is 1.55. The minimum atomic E-state index is 0.561. The van der Waals surface area contributed by atoms with E-state index in [1.54, 1.807) is 12.3 Å². The van der Waals surface area contributed by atoms with E-state index in [0.717, 1.165) is 25.8 Å². The van der Waals surface area contributed by atoms with Crippen molar-refractivity contribution in [2.24, 2.45) is 5.92 Å². The Balaban J connectivity index is 2.45. The van der Waals surface area contributed by atoms with Crippen LogP contribution in [0.25, 0.3) is 0 Å². The van der Waals surface area contributed by atoms with Gasteiger partial charge in [-0.15, -0.1) is 11.6 Å². The van der Waals surface area contributed by atoms with Gasteiger partial charge in [0.2, 0.25) is 11.8 Å². The van der Waals surface area contributed by atoms with Gasteiger partial charge in [0.15, 0.2) is 0 Å². The summed E-state index contributed by atoms with van der Waals surface area (Å²) in [5.74, 6) is 2.50. The van der Waals surface area contributed by atoms with E-state index in [1.807, 2.05) is 0 Å². The number of halogens is 1. The smallest absolute Gasteiger partial charge is 0.225 e. The minimum absolute atomic E-state index is 0.561. The maximum atomic E-state index is 5.76. The zero-order valence-electron chi connectivity index (χ0n) is 11.2. The molecule has 0 saturated carbocycles. The lowest BCUT2D eigenvalue weighted by molar-refractivity contribution is 0.305. The highest BCUT2D eigenvalue weighted by Gasteiger charge is 2.06. The van der Waals surface area contributed by atoms with Crippen molar-refractivity contribution < 1.29 is 4.74 Å². The van der Waals surface area contributed by atoms with Gasteiger partial charge >= 0.3 is 0 Å². The molecule has 1 rings (SSSR count). The van der Waals surface area contributed by atoms with Crippen molar-refractivity contribution >= 4 is 17.5 Å². The van der Waals surface area contributed by atoms with Crippen LogP contribution in [0.5, 0.6) is 5.88 Å². The Kier molecular flexibility index (Phi) is 7.49. The lowest BCUT2D eigenvalue weighted by atomic mass is 10.0. The third-order valence-corrected chi connectivity index (χ3v) is 2.95. The van der Waals surface area contributed by atoms with Crippen LogP contribution in [-0.4, -0.2) is 29.0 Å². The van der Waals surface area contributed by atoms with E-state index < -0.39 is 0 Å². The molecule has 1 unspecified atom stereocenters. The van der Waals surface area contributed by atoms with Gasteiger partial charge in [-0.3, -0.25) is 0 Å². The third-order valence-electron chi connectivity index (χ3n) is 2.73. The van der Waals surface area contributed by atoms with Crippen LogP contribution in [0.3, 0.4) is 0 Å². The fourth-order valence-corrected chi connectivity index (χ4v) is 1.86. The first kappa shape index (κ1) is 15.0. The summed E-state index contributed by atoms with van der Waals surface area (Å²) in [6.45, 7) is 5.76. The van der Waals surface area contributed by atoms with Crippen LogP contribution in [0.4, 0.5) is 5.95 Å². The van der Waals surface area contributed by atoms with E-state index in [4.69, 9.17) is 16.3 Å². The molecular formula is C13H22ClN3O. The van der Waals surface area contributed by atoms with Crippen molar-refractivity contribution in [1.29, 1.82) is 0 Å². The maximum Gasteiger partial charge on any atom is 0.225 e. The fraction of sp³-hybridized carbons (Fsp3) is 0.692. The number of alkyl halides is 1. The number of nitrogens with zero attached hydrogens (tertiary/aromatic N) is 2. The van der Waals surface area contributed by atoms with E-state index in [0.29, 0.717) is 30.2 Å². The van der Waals surface area contributed by atoms with E-state index >= 15 is 0 Å². The number of aromatic nitrogens is 2. The Morgan fingerprint density at radius 2 is 2.28 bits per heavy atom. The van der Waals surface area contributed by atoms with Crippen LogP contribution in [0, 0.1) is 5.92 Å². The van der Waals surface area contributed by atoms with Gasteiger partial charge in [0.25, 0.3) is 0 Å². The van der Waals surface area contributed by atoms with Crippen molar-refractivity contribution in [1.82, 2.24) is 9.97 Å². The Morgan fingerprint density at radius 1 is 1.44 bits per heavy atom. The van der Waals surface area contributed by atoms with Crippen LogP contribution >= 0.6 is 11.6 Å². The van der Waals surface area contributed by atoms with E-state index in [9.17, 15) is 0 Å². The molecule has 0 saturated heterocycles. The van der Waals surface area contributed by atoms with Gasteiger partial charge in [0.05, 0.1) is 6.61 Å². The Hall–Kier alpha value is -1.03. The molecule has 0 amide bonds. The minimum Gasteiger partial charge on any atom is -0.478 e. The molecule has 1 heterocycles. The van der Waals surface area contributed by atoms with Crippen molar-refractivity contribution in [3.63, 3.8) is 0 Å². The molecule has 0 fully saturated rings. The summed E-state index contributed by atoms with van der Waals surface area (Å²) in [6.07, 6.45) is 4.80. The summed E-state index contributed by atoms with van der Waals surface area (Å²) in [5.41, 5.74) is 0. The first-order valence-electron chi connectivity index (χ1n) is 6.55. The Morgan fingerprint density at radius 3 is 2.94 bits per heavy atom. The molecule has 1 aromatic rings. The standard InChI is InChI=1S/C13H22ClN3O/c1-3-9-18-12-6-8-15-13(17-12)16-10-11(4-2)5-7-14/h6,8,11H,3-5,7,9-10H2,1-2H3,(H,15,16,17). The monoisotopic (exact) mass is 271 g/mol. The number of hydrogen-bond donors (Lipinski definition) is 1. The second-order valence-electron chi connectivity index (χ2n) is 4.20. The largest absolute Gasteiger partial charge is 0.478 e. The normalized spacial score (nSPS) is 12.2. The molecule has 0 aliphatic rings. The Labute approximate surface area is 114 Å². The van der Waals surface area contributed by atoms with Gasteiger partial charge in [-0.25, -0.2) is 4.98 Å². The first-order chi connectivity index (χ1) is 8.80. The van der Waals surface area contributed by atoms with E-state index in [1.165, 1.54) is 0 Å². The average molecular weight is 272 g/mol. The summed E-state index contributed by atoms with van der Waals surface area (Å²) in [5, 5.41) is 3.24. The van der Waals surface area contributed by atoms with Crippen molar-refractivity contribution in [3.05, 3.63) is 12.3 Å². The number of rotatable bonds is 9. The highest BCUT2D eigenvalue weighted by atomic mass is 35.5. The van der Waals surface area contributed by atoms with Gasteiger partial charge in [-0.1, -0.05) is 20.3 Å². The zero-order chi connectivity index (χ0) is 13.2. The molecule has 18 heavy (non-hydrogen) atoms. The SMILES string of the molecule is CCCOc1ccnc(NCC(CC)CCCl)n1. The molecule has 4 nitrogen and oxygen atoms in total. The number of ether oxygens (including phenoxy) is 1. The molecule has 0 aliphatic carbocycles. The predicted octanol–water partition coefficient (Wildman–Crippen LogP) is 3.33. The molecule has 0 radical (unpaired) electrons. The van der Waals surface area contributed by atoms with Crippen molar-refractivity contribution in [2.45, 2.75) is 33.1 Å². The number of nitrogens with one attached hydrogen (secondary N) is 1. The van der Waals surface area contributed by atoms with Crippen molar-refractivity contribution in [3.8, 4) is 5.88 Å². The molecule has 0 bridgehead atoms. The average Bonchev–Trinajstić information content (AvgIpc) is 2.41. The van der Waals surface area contributed by atoms with Gasteiger partial charge in [0, 0.05) is 24.7 Å². The van der Waals surface area contributed by atoms with E-state index in [2.05, 4.69) is 29.1 Å². The predicted molar refractivity (Wildman–Crippen MR) is 75.4 cm³/mol. The molecule has 0 aromatic carbocycles. The van der Waals surface area contributed by atoms with Crippen LogP contribution < -0.4 is 10.1 Å². The van der Waals surface area contributed by atoms with Crippen LogP contribution in [-0.2, 0) is 0 Å². The highest BCUT2D eigenvalue weighted by Crippen LogP contribution is 2.12. The molecule has 1 aromatic heterocycles. The molecule has 102 valence electrons. The van der Waals surface area contributed by atoms with Gasteiger partial charge in [-0.05, 0) is 18.8 Å². The van der Waals surface area contributed by atoms with Crippen molar-refractivity contribution in [2.75, 3.05) is 24.3 Å². The van der Waals surface area contributed by atoms with Gasteiger partial charge in [0.1, 0.15) is 0 Å². The Bertz CT molecular complexity index is 336. The zero-order valence-corrected chi connectivity index (χ0v) is 11.9. The summed E-state index contributed by atoms with van der Waals surface area (Å²) in [7, 11) is 0. The molecule has 0 spiro atoms. The second-order valence-corrected chi connectivity index (χ2v) is 4.58. The topological polar surface area (TPSA) is 47.0 Å². The lowest BCUT2D eigenvalue weighted by Gasteiger charge is -2.14.